The van der Waals surface area contributed by atoms with Gasteiger partial charge < -0.3 is 10.6 Å². The van der Waals surface area contributed by atoms with Crippen molar-refractivity contribution in [1.29, 1.82) is 0 Å². The second-order valence-corrected chi connectivity index (χ2v) is 5.11. The van der Waals surface area contributed by atoms with Gasteiger partial charge in [-0.1, -0.05) is 41.0 Å². The van der Waals surface area contributed by atoms with Gasteiger partial charge in [0.05, 0.1) is 0 Å². The summed E-state index contributed by atoms with van der Waals surface area (Å²) in [5.74, 6) is 0.563. The van der Waals surface area contributed by atoms with Crippen LogP contribution in [0, 0.1) is 11.3 Å². The van der Waals surface area contributed by atoms with Crippen LogP contribution in [-0.2, 0) is 0 Å². The lowest BCUT2D eigenvalue weighted by molar-refractivity contribution is 0.216. The Balaban J connectivity index is 3.71. The normalized spacial score (nSPS) is 11.6. The van der Waals surface area contributed by atoms with Crippen LogP contribution in [0.1, 0.15) is 47.5 Å². The van der Waals surface area contributed by atoms with Gasteiger partial charge in [0.15, 0.2) is 0 Å². The topological polar surface area (TPSA) is 41.1 Å². The van der Waals surface area contributed by atoms with Crippen molar-refractivity contribution >= 4 is 6.03 Å². The average molecular weight is 214 g/mol. The zero-order valence-corrected chi connectivity index (χ0v) is 10.8. The Morgan fingerprint density at radius 3 is 2.33 bits per heavy atom. The molecule has 0 radical (unpaired) electrons. The van der Waals surface area contributed by atoms with Gasteiger partial charge in [0.2, 0.25) is 0 Å². The van der Waals surface area contributed by atoms with Crippen molar-refractivity contribution in [2.24, 2.45) is 11.3 Å². The van der Waals surface area contributed by atoms with Gasteiger partial charge >= 0.3 is 6.03 Å². The second-order valence-electron chi connectivity index (χ2n) is 5.11. The summed E-state index contributed by atoms with van der Waals surface area (Å²) in [6.07, 6.45) is 2.15. The summed E-state index contributed by atoms with van der Waals surface area (Å²) in [4.78, 5) is 11.4. The van der Waals surface area contributed by atoms with E-state index in [1.165, 1.54) is 0 Å². The SMILES string of the molecule is CCCCNC(=O)NCC(C)(C)C(C)C. The highest BCUT2D eigenvalue weighted by Gasteiger charge is 2.22. The molecule has 90 valence electrons. The standard InChI is InChI=1S/C12H26N2O/c1-6-7-8-13-11(15)14-9-12(4,5)10(2)3/h10H,6-9H2,1-5H3,(H2,13,14,15). The van der Waals surface area contributed by atoms with Crippen LogP contribution in [0.4, 0.5) is 4.79 Å². The molecule has 0 aromatic carbocycles. The van der Waals surface area contributed by atoms with Gasteiger partial charge in [-0.15, -0.1) is 0 Å². The first-order valence-electron chi connectivity index (χ1n) is 5.92. The zero-order chi connectivity index (χ0) is 11.9. The van der Waals surface area contributed by atoms with Gasteiger partial charge in [-0.25, -0.2) is 4.79 Å². The Labute approximate surface area is 94.0 Å². The quantitative estimate of drug-likeness (QED) is 0.656. The number of carbonyl (C=O) groups is 1. The highest BCUT2D eigenvalue weighted by Crippen LogP contribution is 2.24. The molecule has 0 fully saturated rings. The van der Waals surface area contributed by atoms with Gasteiger partial charge in [0.1, 0.15) is 0 Å². The van der Waals surface area contributed by atoms with Crippen molar-refractivity contribution in [3.8, 4) is 0 Å². The number of rotatable bonds is 6. The molecule has 0 rings (SSSR count). The van der Waals surface area contributed by atoms with Crippen molar-refractivity contribution in [2.75, 3.05) is 13.1 Å². The number of hydrogen-bond donors (Lipinski definition) is 2. The molecule has 0 heterocycles. The van der Waals surface area contributed by atoms with Crippen LogP contribution in [0.5, 0.6) is 0 Å². The molecular formula is C12H26N2O. The minimum atomic E-state index is -0.0443. The van der Waals surface area contributed by atoms with Crippen LogP contribution in [0.25, 0.3) is 0 Å². The Morgan fingerprint density at radius 1 is 1.27 bits per heavy atom. The Kier molecular flexibility index (Phi) is 6.37. The molecule has 2 N–H and O–H groups in total. The Hall–Kier alpha value is -0.730. The minimum absolute atomic E-state index is 0.0443. The van der Waals surface area contributed by atoms with Crippen LogP contribution in [-0.4, -0.2) is 19.1 Å². The molecule has 0 saturated heterocycles. The fraction of sp³-hybridized carbons (Fsp3) is 0.917. The van der Waals surface area contributed by atoms with Gasteiger partial charge in [-0.2, -0.15) is 0 Å². The van der Waals surface area contributed by atoms with Crippen LogP contribution < -0.4 is 10.6 Å². The van der Waals surface area contributed by atoms with E-state index in [4.69, 9.17) is 0 Å². The van der Waals surface area contributed by atoms with Gasteiger partial charge in [0.25, 0.3) is 0 Å². The van der Waals surface area contributed by atoms with Gasteiger partial charge in [0, 0.05) is 13.1 Å². The van der Waals surface area contributed by atoms with Crippen molar-refractivity contribution in [3.05, 3.63) is 0 Å². The Bertz CT molecular complexity index is 188. The minimum Gasteiger partial charge on any atom is -0.338 e. The lowest BCUT2D eigenvalue weighted by Crippen LogP contribution is -2.42. The van der Waals surface area contributed by atoms with E-state index < -0.39 is 0 Å². The average Bonchev–Trinajstić information content (AvgIpc) is 2.15. The predicted octanol–water partition coefficient (Wildman–Crippen LogP) is 2.77. The van der Waals surface area contributed by atoms with Gasteiger partial charge in [-0.05, 0) is 17.8 Å². The molecule has 15 heavy (non-hydrogen) atoms. The molecule has 2 amide bonds. The third kappa shape index (κ3) is 6.37. The molecule has 0 saturated carbocycles. The maximum absolute atomic E-state index is 11.4. The molecule has 3 heteroatoms. The fourth-order valence-corrected chi connectivity index (χ4v) is 0.953. The van der Waals surface area contributed by atoms with E-state index >= 15 is 0 Å². The first-order valence-corrected chi connectivity index (χ1v) is 5.92. The largest absolute Gasteiger partial charge is 0.338 e. The second kappa shape index (κ2) is 6.70. The van der Waals surface area contributed by atoms with Crippen LogP contribution >= 0.6 is 0 Å². The molecule has 0 unspecified atom stereocenters. The summed E-state index contributed by atoms with van der Waals surface area (Å²) < 4.78 is 0. The number of amides is 2. The molecule has 0 aliphatic rings. The van der Waals surface area contributed by atoms with Crippen molar-refractivity contribution in [2.45, 2.75) is 47.5 Å². The molecular weight excluding hydrogens is 188 g/mol. The lowest BCUT2D eigenvalue weighted by Gasteiger charge is -2.29. The maximum atomic E-state index is 11.4. The Morgan fingerprint density at radius 2 is 1.87 bits per heavy atom. The van der Waals surface area contributed by atoms with Crippen molar-refractivity contribution < 1.29 is 4.79 Å². The summed E-state index contributed by atoms with van der Waals surface area (Å²) in [5.41, 5.74) is 0.155. The van der Waals surface area contributed by atoms with Crippen LogP contribution in [0.2, 0.25) is 0 Å². The fourth-order valence-electron chi connectivity index (χ4n) is 0.953. The molecule has 0 aromatic rings. The van der Waals surface area contributed by atoms with E-state index in [2.05, 4.69) is 45.3 Å². The number of hydrogen-bond acceptors (Lipinski definition) is 1. The summed E-state index contributed by atoms with van der Waals surface area (Å²) >= 11 is 0. The highest BCUT2D eigenvalue weighted by atomic mass is 16.2. The van der Waals surface area contributed by atoms with Crippen molar-refractivity contribution in [3.63, 3.8) is 0 Å². The number of nitrogens with one attached hydrogen (secondary N) is 2. The van der Waals surface area contributed by atoms with E-state index in [9.17, 15) is 4.79 Å². The molecule has 0 atom stereocenters. The highest BCUT2D eigenvalue weighted by molar-refractivity contribution is 5.73. The summed E-state index contributed by atoms with van der Waals surface area (Å²) in [5, 5.41) is 5.76. The number of unbranched alkanes of at least 4 members (excludes halogenated alkanes) is 1. The first kappa shape index (κ1) is 14.3. The molecule has 0 aliphatic carbocycles. The number of urea groups is 1. The molecule has 0 bridgehead atoms. The monoisotopic (exact) mass is 214 g/mol. The molecule has 0 aromatic heterocycles. The van der Waals surface area contributed by atoms with Crippen LogP contribution in [0.3, 0.4) is 0 Å². The van der Waals surface area contributed by atoms with Gasteiger partial charge in [-0.3, -0.25) is 0 Å². The van der Waals surface area contributed by atoms with E-state index in [-0.39, 0.29) is 11.4 Å². The van der Waals surface area contributed by atoms with E-state index in [1.54, 1.807) is 0 Å². The molecule has 3 nitrogen and oxygen atoms in total. The summed E-state index contributed by atoms with van der Waals surface area (Å²) in [6.45, 7) is 12.3. The van der Waals surface area contributed by atoms with Crippen LogP contribution in [0.15, 0.2) is 0 Å². The smallest absolute Gasteiger partial charge is 0.314 e. The molecule has 0 spiro atoms. The summed E-state index contributed by atoms with van der Waals surface area (Å²) in [7, 11) is 0. The summed E-state index contributed by atoms with van der Waals surface area (Å²) in [6, 6.07) is -0.0443. The van der Waals surface area contributed by atoms with Crippen molar-refractivity contribution in [1.82, 2.24) is 10.6 Å². The van der Waals surface area contributed by atoms with E-state index in [0.29, 0.717) is 5.92 Å². The van der Waals surface area contributed by atoms with E-state index in [1.807, 2.05) is 0 Å². The first-order chi connectivity index (χ1) is 6.90. The molecule has 0 aliphatic heterocycles. The predicted molar refractivity (Wildman–Crippen MR) is 64.9 cm³/mol. The lowest BCUT2D eigenvalue weighted by atomic mass is 9.81. The number of carbonyl (C=O) groups excluding carboxylic acids is 1. The zero-order valence-electron chi connectivity index (χ0n) is 10.8. The maximum Gasteiger partial charge on any atom is 0.314 e. The third-order valence-electron chi connectivity index (χ3n) is 3.08. The van der Waals surface area contributed by atoms with E-state index in [0.717, 1.165) is 25.9 Å². The third-order valence-corrected chi connectivity index (χ3v) is 3.08.